The van der Waals surface area contributed by atoms with Crippen molar-refractivity contribution in [2.75, 3.05) is 7.11 Å². The number of benzene rings is 1. The SMILES string of the molecule is COc1ccc(Br)cc1C(Br)C(C(F)(F)F)C(F)(F)F. The Bertz CT molecular complexity index is 457. The maximum Gasteiger partial charge on any atom is 0.401 e. The van der Waals surface area contributed by atoms with E-state index in [-0.39, 0.29) is 11.3 Å². The fourth-order valence-corrected chi connectivity index (χ4v) is 2.95. The molecule has 0 amide bonds. The van der Waals surface area contributed by atoms with Crippen LogP contribution in [-0.2, 0) is 0 Å². The van der Waals surface area contributed by atoms with Crippen molar-refractivity contribution >= 4 is 31.9 Å². The Balaban J connectivity index is 3.33. The number of hydrogen-bond acceptors (Lipinski definition) is 1. The molecule has 0 aliphatic rings. The van der Waals surface area contributed by atoms with Gasteiger partial charge in [0.1, 0.15) is 5.75 Å². The highest BCUT2D eigenvalue weighted by atomic mass is 79.9. The number of halogens is 8. The lowest BCUT2D eigenvalue weighted by molar-refractivity contribution is -0.283. The van der Waals surface area contributed by atoms with Crippen LogP contribution in [0.2, 0.25) is 0 Å². The van der Waals surface area contributed by atoms with Gasteiger partial charge < -0.3 is 4.74 Å². The average molecular weight is 430 g/mol. The van der Waals surface area contributed by atoms with Crippen LogP contribution >= 0.6 is 31.9 Å². The summed E-state index contributed by atoms with van der Waals surface area (Å²) >= 11 is 5.51. The quantitative estimate of drug-likeness (QED) is 0.446. The van der Waals surface area contributed by atoms with Crippen LogP contribution in [0.25, 0.3) is 0 Å². The summed E-state index contributed by atoms with van der Waals surface area (Å²) in [6.45, 7) is 0. The predicted octanol–water partition coefficient (Wildman–Crippen LogP) is 5.63. The second-order valence-corrected chi connectivity index (χ2v) is 5.75. The number of hydrogen-bond donors (Lipinski definition) is 0. The summed E-state index contributed by atoms with van der Waals surface area (Å²) in [6, 6.07) is 3.90. The summed E-state index contributed by atoms with van der Waals surface area (Å²) in [6.07, 6.45) is -10.9. The molecular weight excluding hydrogens is 422 g/mol. The van der Waals surface area contributed by atoms with Crippen molar-refractivity contribution < 1.29 is 31.1 Å². The normalized spacial score (nSPS) is 14.5. The van der Waals surface area contributed by atoms with E-state index in [1.807, 2.05) is 0 Å². The van der Waals surface area contributed by atoms with Gasteiger partial charge >= 0.3 is 12.4 Å². The van der Waals surface area contributed by atoms with Crippen LogP contribution in [0.1, 0.15) is 10.4 Å². The lowest BCUT2D eigenvalue weighted by Gasteiger charge is -2.28. The zero-order valence-corrected chi connectivity index (χ0v) is 13.0. The van der Waals surface area contributed by atoms with E-state index in [2.05, 4.69) is 31.9 Å². The van der Waals surface area contributed by atoms with E-state index in [9.17, 15) is 26.3 Å². The summed E-state index contributed by atoms with van der Waals surface area (Å²) in [5.74, 6) is -3.59. The molecule has 0 saturated carbocycles. The third-order valence-electron chi connectivity index (χ3n) is 2.49. The molecule has 1 atom stereocenters. The molecule has 9 heteroatoms. The van der Waals surface area contributed by atoms with Crippen LogP contribution in [0.3, 0.4) is 0 Å². The Morgan fingerprint density at radius 3 is 1.95 bits per heavy atom. The van der Waals surface area contributed by atoms with Crippen LogP contribution in [0.15, 0.2) is 22.7 Å². The molecule has 0 fully saturated rings. The predicted molar refractivity (Wildman–Crippen MR) is 68.0 cm³/mol. The standard InChI is InChI=1S/C11H8Br2F6O/c1-20-7-3-2-5(12)4-6(7)8(13)9(10(14,15)16)11(17,18)19/h2-4,8-9H,1H3. The Kier molecular flexibility index (Phi) is 5.40. The molecule has 0 bridgehead atoms. The molecule has 1 aromatic rings. The molecule has 0 heterocycles. The van der Waals surface area contributed by atoms with Gasteiger partial charge in [0.15, 0.2) is 5.92 Å². The highest BCUT2D eigenvalue weighted by Gasteiger charge is 2.60. The van der Waals surface area contributed by atoms with Gasteiger partial charge in [-0.15, -0.1) is 0 Å². The van der Waals surface area contributed by atoms with E-state index in [1.165, 1.54) is 19.2 Å². The first kappa shape index (κ1) is 17.6. The van der Waals surface area contributed by atoms with Gasteiger partial charge in [0.25, 0.3) is 0 Å². The van der Waals surface area contributed by atoms with E-state index in [0.717, 1.165) is 6.07 Å². The number of ether oxygens (including phenoxy) is 1. The van der Waals surface area contributed by atoms with Crippen molar-refractivity contribution in [1.82, 2.24) is 0 Å². The maximum atomic E-state index is 12.7. The number of methoxy groups -OCH3 is 1. The van der Waals surface area contributed by atoms with Crippen molar-refractivity contribution in [1.29, 1.82) is 0 Å². The largest absolute Gasteiger partial charge is 0.496 e. The Morgan fingerprint density at radius 1 is 1.05 bits per heavy atom. The van der Waals surface area contributed by atoms with Crippen LogP contribution < -0.4 is 4.74 Å². The van der Waals surface area contributed by atoms with E-state index in [0.29, 0.717) is 4.47 Å². The van der Waals surface area contributed by atoms with Crippen molar-refractivity contribution in [3.05, 3.63) is 28.2 Å². The van der Waals surface area contributed by atoms with Gasteiger partial charge in [0, 0.05) is 10.0 Å². The molecule has 0 radical (unpaired) electrons. The van der Waals surface area contributed by atoms with Crippen LogP contribution in [-0.4, -0.2) is 19.5 Å². The minimum Gasteiger partial charge on any atom is -0.496 e. The van der Waals surface area contributed by atoms with Gasteiger partial charge in [-0.05, 0) is 18.2 Å². The monoisotopic (exact) mass is 428 g/mol. The molecule has 0 aliphatic carbocycles. The van der Waals surface area contributed by atoms with E-state index in [1.54, 1.807) is 0 Å². The molecule has 114 valence electrons. The second kappa shape index (κ2) is 6.13. The average Bonchev–Trinajstić information content (AvgIpc) is 2.24. The van der Waals surface area contributed by atoms with Crippen molar-refractivity contribution in [2.45, 2.75) is 17.2 Å². The summed E-state index contributed by atoms with van der Waals surface area (Å²) in [4.78, 5) is -2.00. The summed E-state index contributed by atoms with van der Waals surface area (Å²) < 4.78 is 81.3. The molecule has 1 unspecified atom stereocenters. The van der Waals surface area contributed by atoms with Gasteiger partial charge in [0.2, 0.25) is 0 Å². The highest BCUT2D eigenvalue weighted by Crippen LogP contribution is 2.51. The third kappa shape index (κ3) is 4.03. The van der Waals surface area contributed by atoms with Gasteiger partial charge in [0.05, 0.1) is 11.9 Å². The van der Waals surface area contributed by atoms with Gasteiger partial charge in [-0.3, -0.25) is 0 Å². The van der Waals surface area contributed by atoms with Crippen molar-refractivity contribution in [3.63, 3.8) is 0 Å². The van der Waals surface area contributed by atoms with Crippen molar-refractivity contribution in [2.24, 2.45) is 5.92 Å². The van der Waals surface area contributed by atoms with Crippen LogP contribution in [0.4, 0.5) is 26.3 Å². The molecule has 0 aliphatic heterocycles. The zero-order chi connectivity index (χ0) is 15.7. The summed E-state index contributed by atoms with van der Waals surface area (Å²) in [5.41, 5.74) is -0.235. The molecule has 0 spiro atoms. The number of rotatable bonds is 3. The van der Waals surface area contributed by atoms with Crippen LogP contribution in [0, 0.1) is 5.92 Å². The molecular formula is C11H8Br2F6O. The molecule has 20 heavy (non-hydrogen) atoms. The first-order valence-electron chi connectivity index (χ1n) is 5.09. The minimum atomic E-state index is -5.43. The second-order valence-electron chi connectivity index (χ2n) is 3.85. The Labute approximate surface area is 127 Å². The molecule has 1 aromatic carbocycles. The molecule has 0 aromatic heterocycles. The summed E-state index contributed by atoms with van der Waals surface area (Å²) in [7, 11) is 1.17. The first-order valence-corrected chi connectivity index (χ1v) is 6.80. The molecule has 0 N–H and O–H groups in total. The highest BCUT2D eigenvalue weighted by molar-refractivity contribution is 9.10. The Morgan fingerprint density at radius 2 is 1.55 bits per heavy atom. The van der Waals surface area contributed by atoms with E-state index < -0.39 is 23.1 Å². The minimum absolute atomic E-state index is 0.0615. The van der Waals surface area contributed by atoms with E-state index in [4.69, 9.17) is 4.74 Å². The van der Waals surface area contributed by atoms with E-state index >= 15 is 0 Å². The zero-order valence-electron chi connectivity index (χ0n) is 9.82. The summed E-state index contributed by atoms with van der Waals surface area (Å²) in [5, 5.41) is 0. The van der Waals surface area contributed by atoms with Gasteiger partial charge in [-0.25, -0.2) is 0 Å². The van der Waals surface area contributed by atoms with Crippen LogP contribution in [0.5, 0.6) is 5.75 Å². The first-order chi connectivity index (χ1) is 8.98. The fraction of sp³-hybridized carbons (Fsp3) is 0.455. The van der Waals surface area contributed by atoms with Crippen molar-refractivity contribution in [3.8, 4) is 5.75 Å². The van der Waals surface area contributed by atoms with Gasteiger partial charge in [-0.1, -0.05) is 31.9 Å². The maximum absolute atomic E-state index is 12.7. The number of alkyl halides is 7. The molecule has 0 saturated heterocycles. The lowest BCUT2D eigenvalue weighted by Crippen LogP contribution is -2.39. The fourth-order valence-electron chi connectivity index (χ4n) is 1.62. The smallest absolute Gasteiger partial charge is 0.401 e. The van der Waals surface area contributed by atoms with Gasteiger partial charge in [-0.2, -0.15) is 26.3 Å². The Hall–Kier alpha value is -0.440. The lowest BCUT2D eigenvalue weighted by atomic mass is 9.97. The molecule has 1 rings (SSSR count). The molecule has 1 nitrogen and oxygen atoms in total. The topological polar surface area (TPSA) is 9.23 Å². The third-order valence-corrected chi connectivity index (χ3v) is 4.00.